The summed E-state index contributed by atoms with van der Waals surface area (Å²) < 4.78 is 10.3. The van der Waals surface area contributed by atoms with Crippen LogP contribution in [0.4, 0.5) is 0 Å². The fraction of sp³-hybridized carbons (Fsp3) is 0.818. The maximum atomic E-state index is 9.68. The van der Waals surface area contributed by atoms with Crippen LogP contribution in [-0.2, 0) is 9.47 Å². The number of aliphatic hydroxyl groups excluding tert-OH is 3. The van der Waals surface area contributed by atoms with E-state index in [4.69, 9.17) is 15.9 Å². The molecule has 0 aromatic rings. The van der Waals surface area contributed by atoms with Crippen LogP contribution in [0.3, 0.4) is 0 Å². The van der Waals surface area contributed by atoms with Crippen LogP contribution in [0.2, 0.25) is 0 Å². The predicted octanol–water partition coefficient (Wildman–Crippen LogP) is -0.899. The van der Waals surface area contributed by atoms with Crippen molar-refractivity contribution in [2.75, 3.05) is 13.2 Å². The third kappa shape index (κ3) is 3.17. The number of ether oxygens (including phenoxy) is 2. The van der Waals surface area contributed by atoms with Gasteiger partial charge in [-0.1, -0.05) is 6.92 Å². The van der Waals surface area contributed by atoms with Crippen LogP contribution in [-0.4, -0.2) is 53.1 Å². The van der Waals surface area contributed by atoms with Crippen molar-refractivity contribution in [3.63, 3.8) is 0 Å². The molecule has 1 saturated heterocycles. The Hall–Kier alpha value is -0.640. The van der Waals surface area contributed by atoms with Gasteiger partial charge in [0.2, 0.25) is 0 Å². The molecule has 0 aromatic carbocycles. The normalized spacial score (nSPS) is 39.3. The molecule has 5 heteroatoms. The molecule has 0 spiro atoms. The first-order chi connectivity index (χ1) is 7.57. The molecule has 3 N–H and O–H groups in total. The molecular formula is C11H18O5. The van der Waals surface area contributed by atoms with E-state index in [1.54, 1.807) is 6.92 Å². The fourth-order valence-electron chi connectivity index (χ4n) is 1.55. The molecule has 0 unspecified atom stereocenters. The van der Waals surface area contributed by atoms with Crippen LogP contribution in [0.15, 0.2) is 0 Å². The van der Waals surface area contributed by atoms with Crippen molar-refractivity contribution >= 4 is 0 Å². The van der Waals surface area contributed by atoms with Crippen molar-refractivity contribution in [2.45, 2.75) is 37.9 Å². The first-order valence-electron chi connectivity index (χ1n) is 5.28. The molecule has 1 aliphatic heterocycles. The topological polar surface area (TPSA) is 79.2 Å². The largest absolute Gasteiger partial charge is 0.390 e. The van der Waals surface area contributed by atoms with Gasteiger partial charge in [-0.3, -0.25) is 0 Å². The summed E-state index contributed by atoms with van der Waals surface area (Å²) >= 11 is 0. The average Bonchev–Trinajstić information content (AvgIpc) is 2.28. The molecule has 0 aromatic heterocycles. The number of rotatable bonds is 4. The maximum Gasteiger partial charge on any atom is 0.160 e. The van der Waals surface area contributed by atoms with Gasteiger partial charge in [-0.15, -0.1) is 12.3 Å². The Balaban J connectivity index is 2.39. The first-order valence-corrected chi connectivity index (χ1v) is 5.28. The van der Waals surface area contributed by atoms with Gasteiger partial charge in [0.1, 0.15) is 12.2 Å². The van der Waals surface area contributed by atoms with E-state index in [0.29, 0.717) is 13.0 Å². The summed E-state index contributed by atoms with van der Waals surface area (Å²) in [6, 6.07) is 0. The Morgan fingerprint density at radius 1 is 1.31 bits per heavy atom. The van der Waals surface area contributed by atoms with Gasteiger partial charge in [-0.05, 0) is 0 Å². The highest BCUT2D eigenvalue weighted by Gasteiger charge is 2.41. The smallest absolute Gasteiger partial charge is 0.160 e. The van der Waals surface area contributed by atoms with Crippen molar-refractivity contribution in [3.8, 4) is 12.3 Å². The molecule has 0 saturated carbocycles. The summed E-state index contributed by atoms with van der Waals surface area (Å²) in [6.07, 6.45) is 1.66. The summed E-state index contributed by atoms with van der Waals surface area (Å²) in [5.74, 6) is 1.90. The second-order valence-electron chi connectivity index (χ2n) is 3.93. The van der Waals surface area contributed by atoms with Gasteiger partial charge in [0.15, 0.2) is 6.29 Å². The molecule has 1 fully saturated rings. The van der Waals surface area contributed by atoms with Gasteiger partial charge < -0.3 is 24.8 Å². The Bertz CT molecular complexity index is 249. The fourth-order valence-corrected chi connectivity index (χ4v) is 1.55. The molecule has 16 heavy (non-hydrogen) atoms. The lowest BCUT2D eigenvalue weighted by Gasteiger charge is -2.39. The number of hydrogen-bond acceptors (Lipinski definition) is 5. The summed E-state index contributed by atoms with van der Waals surface area (Å²) in [5, 5.41) is 28.7. The van der Waals surface area contributed by atoms with Crippen molar-refractivity contribution < 1.29 is 24.8 Å². The van der Waals surface area contributed by atoms with E-state index < -0.39 is 30.5 Å². The molecule has 0 amide bonds. The molecule has 1 aliphatic rings. The second-order valence-corrected chi connectivity index (χ2v) is 3.93. The van der Waals surface area contributed by atoms with Crippen LogP contribution >= 0.6 is 0 Å². The Morgan fingerprint density at radius 3 is 2.62 bits per heavy atom. The van der Waals surface area contributed by atoms with Gasteiger partial charge in [0.25, 0.3) is 0 Å². The molecule has 0 radical (unpaired) electrons. The zero-order valence-electron chi connectivity index (χ0n) is 9.24. The van der Waals surface area contributed by atoms with E-state index >= 15 is 0 Å². The number of hydrogen-bond donors (Lipinski definition) is 3. The van der Waals surface area contributed by atoms with Crippen LogP contribution < -0.4 is 0 Å². The van der Waals surface area contributed by atoms with Gasteiger partial charge >= 0.3 is 0 Å². The number of aliphatic hydroxyl groups is 3. The highest BCUT2D eigenvalue weighted by molar-refractivity contribution is 4.87. The van der Waals surface area contributed by atoms with Crippen LogP contribution in [0.25, 0.3) is 0 Å². The summed E-state index contributed by atoms with van der Waals surface area (Å²) in [4.78, 5) is 0. The zero-order chi connectivity index (χ0) is 12.1. The van der Waals surface area contributed by atoms with Crippen molar-refractivity contribution in [1.29, 1.82) is 0 Å². The molecule has 0 aliphatic carbocycles. The average molecular weight is 230 g/mol. The second kappa shape index (κ2) is 6.18. The Kier molecular flexibility index (Phi) is 5.19. The molecule has 5 atom stereocenters. The van der Waals surface area contributed by atoms with Gasteiger partial charge in [0, 0.05) is 12.3 Å². The van der Waals surface area contributed by atoms with Gasteiger partial charge in [-0.25, -0.2) is 0 Å². The molecular weight excluding hydrogens is 212 g/mol. The SMILES string of the molecule is C#CCCOC[C@H]1O[C@@H](O)[C@H](C)[C@@H](O)[C@H]1O. The minimum Gasteiger partial charge on any atom is -0.390 e. The lowest BCUT2D eigenvalue weighted by molar-refractivity contribution is -0.268. The van der Waals surface area contributed by atoms with E-state index in [1.165, 1.54) is 0 Å². The van der Waals surface area contributed by atoms with Crippen molar-refractivity contribution in [1.82, 2.24) is 0 Å². The van der Waals surface area contributed by atoms with Gasteiger partial charge in [0.05, 0.1) is 19.3 Å². The standard InChI is InChI=1S/C11H18O5/c1-3-4-5-15-6-8-10(13)9(12)7(2)11(14)16-8/h1,7-14H,4-6H2,2H3/t7-,8-,9-,10+,11-/m1/s1. The van der Waals surface area contributed by atoms with Crippen molar-refractivity contribution in [2.24, 2.45) is 5.92 Å². The molecule has 92 valence electrons. The molecule has 0 bridgehead atoms. The molecule has 5 nitrogen and oxygen atoms in total. The summed E-state index contributed by atoms with van der Waals surface area (Å²) in [5.41, 5.74) is 0. The first kappa shape index (κ1) is 13.4. The van der Waals surface area contributed by atoms with Gasteiger partial charge in [-0.2, -0.15) is 0 Å². The third-order valence-electron chi connectivity index (χ3n) is 2.71. The minimum atomic E-state index is -1.08. The highest BCUT2D eigenvalue weighted by atomic mass is 16.6. The Morgan fingerprint density at radius 2 is 2.00 bits per heavy atom. The van der Waals surface area contributed by atoms with E-state index in [-0.39, 0.29) is 6.61 Å². The number of terminal acetylenes is 1. The zero-order valence-corrected chi connectivity index (χ0v) is 9.24. The monoisotopic (exact) mass is 230 g/mol. The minimum absolute atomic E-state index is 0.101. The van der Waals surface area contributed by atoms with E-state index in [9.17, 15) is 15.3 Å². The predicted molar refractivity (Wildman–Crippen MR) is 56.3 cm³/mol. The molecule has 1 rings (SSSR count). The lowest BCUT2D eigenvalue weighted by atomic mass is 9.93. The molecule has 1 heterocycles. The van der Waals surface area contributed by atoms with Crippen LogP contribution in [0, 0.1) is 18.3 Å². The quantitative estimate of drug-likeness (QED) is 0.431. The third-order valence-corrected chi connectivity index (χ3v) is 2.71. The van der Waals surface area contributed by atoms with E-state index in [2.05, 4.69) is 5.92 Å². The highest BCUT2D eigenvalue weighted by Crippen LogP contribution is 2.24. The van der Waals surface area contributed by atoms with Crippen LogP contribution in [0.5, 0.6) is 0 Å². The van der Waals surface area contributed by atoms with Crippen LogP contribution in [0.1, 0.15) is 13.3 Å². The summed E-state index contributed by atoms with van der Waals surface area (Å²) in [6.45, 7) is 2.07. The van der Waals surface area contributed by atoms with Crippen molar-refractivity contribution in [3.05, 3.63) is 0 Å². The lowest BCUT2D eigenvalue weighted by Crippen LogP contribution is -2.54. The summed E-state index contributed by atoms with van der Waals surface area (Å²) in [7, 11) is 0. The maximum absolute atomic E-state index is 9.68. The van der Waals surface area contributed by atoms with E-state index in [0.717, 1.165) is 0 Å². The Labute approximate surface area is 95.0 Å². The van der Waals surface area contributed by atoms with E-state index in [1.807, 2.05) is 0 Å².